The Morgan fingerprint density at radius 2 is 1.40 bits per heavy atom. The fraction of sp³-hybridized carbons (Fsp3) is 0.118. The fourth-order valence-corrected chi connectivity index (χ4v) is 10.2. The van der Waals surface area contributed by atoms with Gasteiger partial charge in [0.25, 0.3) is 0 Å². The van der Waals surface area contributed by atoms with Crippen molar-refractivity contribution in [1.29, 1.82) is 0 Å². The van der Waals surface area contributed by atoms with Crippen LogP contribution in [0.2, 0.25) is 0 Å². The quantitative estimate of drug-likeness (QED) is 0.147. The minimum absolute atomic E-state index is 0.409. The van der Waals surface area contributed by atoms with Crippen LogP contribution in [-0.2, 0) is 18.4 Å². The van der Waals surface area contributed by atoms with Gasteiger partial charge in [-0.1, -0.05) is 153 Å². The normalized spacial score (nSPS) is 16.2. The van der Waals surface area contributed by atoms with Crippen LogP contribution < -0.4 is 10.4 Å². The molecule has 1 aromatic heterocycles. The molecule has 0 saturated carbocycles. The fourth-order valence-electron chi connectivity index (χ4n) is 8.69. The van der Waals surface area contributed by atoms with Crippen LogP contribution in [0.25, 0.3) is 51.8 Å². The van der Waals surface area contributed by atoms with Gasteiger partial charge in [-0.25, -0.2) is 0 Å². The van der Waals surface area contributed by atoms with Gasteiger partial charge in [0.15, 0.2) is 0 Å². The molecular formula is C51H41NS. The Bertz CT molecular complexity index is 2790. The zero-order valence-corrected chi connectivity index (χ0v) is 31.3. The molecule has 0 amide bonds. The summed E-state index contributed by atoms with van der Waals surface area (Å²) in [5, 5.41) is 4.58. The third-order valence-corrected chi connectivity index (χ3v) is 12.5. The molecule has 256 valence electrons. The molecule has 7 aromatic rings. The van der Waals surface area contributed by atoms with Crippen LogP contribution in [0, 0.1) is 0 Å². The highest BCUT2D eigenvalue weighted by Crippen LogP contribution is 2.65. The highest BCUT2D eigenvalue weighted by atomic mass is 32.1. The highest BCUT2D eigenvalue weighted by molar-refractivity contribution is 7.13. The third-order valence-electron chi connectivity index (χ3n) is 11.1. The zero-order chi connectivity index (χ0) is 36.1. The maximum absolute atomic E-state index is 5.48. The number of aliphatic imine (C=N–C) groups is 1. The van der Waals surface area contributed by atoms with E-state index in [4.69, 9.17) is 4.99 Å². The van der Waals surface area contributed by atoms with Gasteiger partial charge in [0.1, 0.15) is 0 Å². The molecule has 2 aliphatic carbocycles. The van der Waals surface area contributed by atoms with Gasteiger partial charge in [0.05, 0.1) is 17.7 Å². The molecular weight excluding hydrogens is 659 g/mol. The minimum Gasteiger partial charge on any atom is -0.279 e. The first-order valence-corrected chi connectivity index (χ1v) is 19.5. The number of thiophene rings is 1. The largest absolute Gasteiger partial charge is 0.279 e. The average molecular weight is 700 g/mol. The Hall–Kier alpha value is -5.83. The zero-order valence-electron chi connectivity index (χ0n) is 30.5. The van der Waals surface area contributed by atoms with Crippen LogP contribution in [0.3, 0.4) is 0 Å². The smallest absolute Gasteiger partial charge is 0.0819 e. The number of hydrogen-bond acceptors (Lipinski definition) is 2. The van der Waals surface area contributed by atoms with Crippen molar-refractivity contribution in [3.8, 4) is 22.3 Å². The standard InChI is InChI=1S/C51H41NS/c1-5-8-16-36-30-38(25-23-33(36)4)49(52-32-34-24-26-35-17-9-10-18-37(35)29-34)39-27-28-41-40-19-11-13-21-44(40)51(46(41)31-39)45-22-14-12-20-42(45)48-43(15-6-2)47(7-3)53-50(48)51/h5-6,8-31H,4,7,32H2,1-3H3/b8-5-,15-6-,36-16-,52-49?. The van der Waals surface area contributed by atoms with E-state index in [-0.39, 0.29) is 0 Å². The van der Waals surface area contributed by atoms with Gasteiger partial charge < -0.3 is 0 Å². The van der Waals surface area contributed by atoms with Crippen molar-refractivity contribution >= 4 is 46.6 Å². The lowest BCUT2D eigenvalue weighted by Crippen LogP contribution is -2.26. The monoisotopic (exact) mass is 699 g/mol. The SMILES string of the molecule is C=c1ccc(C(=NCc2ccc3ccccc3c2)c2ccc3c(c2)C2(c4ccccc4-3)c3ccccc3-c3c2sc(CC)c3/C=C\C)c/c1=C/C=C\C. The van der Waals surface area contributed by atoms with Crippen molar-refractivity contribution in [3.05, 3.63) is 205 Å². The molecule has 53 heavy (non-hydrogen) atoms. The molecule has 0 bridgehead atoms. The summed E-state index contributed by atoms with van der Waals surface area (Å²) in [7, 11) is 0. The van der Waals surface area contributed by atoms with Gasteiger partial charge in [-0.3, -0.25) is 4.99 Å². The van der Waals surface area contributed by atoms with E-state index in [2.05, 4.69) is 178 Å². The number of allylic oxidation sites excluding steroid dienone is 3. The van der Waals surface area contributed by atoms with E-state index in [0.717, 1.165) is 33.7 Å². The van der Waals surface area contributed by atoms with E-state index in [9.17, 15) is 0 Å². The van der Waals surface area contributed by atoms with Crippen LogP contribution in [-0.4, -0.2) is 5.71 Å². The second-order valence-electron chi connectivity index (χ2n) is 14.1. The molecule has 0 N–H and O–H groups in total. The van der Waals surface area contributed by atoms with E-state index in [0.29, 0.717) is 6.54 Å². The van der Waals surface area contributed by atoms with E-state index >= 15 is 0 Å². The summed E-state index contributed by atoms with van der Waals surface area (Å²) in [6.07, 6.45) is 11.8. The number of aryl methyl sites for hydroxylation is 1. The summed E-state index contributed by atoms with van der Waals surface area (Å²) in [5.74, 6) is 0. The maximum Gasteiger partial charge on any atom is 0.0819 e. The summed E-state index contributed by atoms with van der Waals surface area (Å²) >= 11 is 2.00. The topological polar surface area (TPSA) is 12.4 Å². The van der Waals surface area contributed by atoms with Gasteiger partial charge in [-0.2, -0.15) is 0 Å². The van der Waals surface area contributed by atoms with Gasteiger partial charge in [0, 0.05) is 26.4 Å². The number of fused-ring (bicyclic) bond motifs is 11. The molecule has 2 heteroatoms. The van der Waals surface area contributed by atoms with Gasteiger partial charge in [-0.15, -0.1) is 11.3 Å². The lowest BCUT2D eigenvalue weighted by atomic mass is 9.73. The molecule has 0 fully saturated rings. The van der Waals surface area contributed by atoms with Crippen molar-refractivity contribution in [2.75, 3.05) is 0 Å². The van der Waals surface area contributed by atoms with Crippen LogP contribution in [0.5, 0.6) is 0 Å². The Morgan fingerprint density at radius 1 is 0.698 bits per heavy atom. The van der Waals surface area contributed by atoms with Crippen molar-refractivity contribution in [2.24, 2.45) is 4.99 Å². The lowest BCUT2D eigenvalue weighted by molar-refractivity contribution is 0.811. The van der Waals surface area contributed by atoms with Crippen molar-refractivity contribution in [3.63, 3.8) is 0 Å². The van der Waals surface area contributed by atoms with E-state index < -0.39 is 5.41 Å². The molecule has 0 aliphatic heterocycles. The molecule has 6 aromatic carbocycles. The molecule has 1 nitrogen and oxygen atoms in total. The van der Waals surface area contributed by atoms with Gasteiger partial charge in [-0.05, 0) is 104 Å². The number of benzene rings is 6. The first kappa shape index (κ1) is 33.0. The van der Waals surface area contributed by atoms with Crippen molar-refractivity contribution in [2.45, 2.75) is 39.2 Å². The molecule has 0 saturated heterocycles. The maximum atomic E-state index is 5.48. The summed E-state index contributed by atoms with van der Waals surface area (Å²) < 4.78 is 0. The van der Waals surface area contributed by atoms with Crippen LogP contribution in [0.1, 0.15) is 69.5 Å². The molecule has 1 unspecified atom stereocenters. The molecule has 1 spiro atoms. The number of hydrogen-bond donors (Lipinski definition) is 0. The van der Waals surface area contributed by atoms with Crippen molar-refractivity contribution < 1.29 is 0 Å². The van der Waals surface area contributed by atoms with Gasteiger partial charge >= 0.3 is 0 Å². The molecule has 0 radical (unpaired) electrons. The lowest BCUT2D eigenvalue weighted by Gasteiger charge is -2.29. The Kier molecular flexibility index (Phi) is 8.29. The average Bonchev–Trinajstić information content (AvgIpc) is 3.81. The molecule has 1 atom stereocenters. The molecule has 2 aliphatic rings. The molecule has 9 rings (SSSR count). The van der Waals surface area contributed by atoms with Gasteiger partial charge in [0.2, 0.25) is 0 Å². The van der Waals surface area contributed by atoms with E-state index in [1.807, 2.05) is 18.3 Å². The van der Waals surface area contributed by atoms with E-state index in [1.165, 1.54) is 70.6 Å². The van der Waals surface area contributed by atoms with Crippen LogP contribution >= 0.6 is 11.3 Å². The van der Waals surface area contributed by atoms with Crippen LogP contribution in [0.4, 0.5) is 0 Å². The van der Waals surface area contributed by atoms with E-state index in [1.54, 1.807) is 0 Å². The third kappa shape index (κ3) is 5.16. The summed E-state index contributed by atoms with van der Waals surface area (Å²) in [5.41, 5.74) is 14.8. The predicted octanol–water partition coefficient (Wildman–Crippen LogP) is 11.6. The van der Waals surface area contributed by atoms with Crippen LogP contribution in [0.15, 0.2) is 151 Å². The minimum atomic E-state index is -0.409. The Balaban J connectivity index is 1.30. The number of rotatable bonds is 7. The second-order valence-corrected chi connectivity index (χ2v) is 15.2. The highest BCUT2D eigenvalue weighted by Gasteiger charge is 2.53. The van der Waals surface area contributed by atoms with Crippen molar-refractivity contribution in [1.82, 2.24) is 0 Å². The Morgan fingerprint density at radius 3 is 2.19 bits per heavy atom. The predicted molar refractivity (Wildman–Crippen MR) is 228 cm³/mol. The number of nitrogens with zero attached hydrogens (tertiary/aromatic N) is 1. The molecule has 1 heterocycles. The summed E-state index contributed by atoms with van der Waals surface area (Å²) in [4.78, 5) is 8.36. The first-order chi connectivity index (χ1) is 26.1. The second kappa shape index (κ2) is 13.3. The summed E-state index contributed by atoms with van der Waals surface area (Å²) in [6.45, 7) is 11.4. The summed E-state index contributed by atoms with van der Waals surface area (Å²) in [6, 6.07) is 47.1. The first-order valence-electron chi connectivity index (χ1n) is 18.6. The Labute approximate surface area is 316 Å².